The van der Waals surface area contributed by atoms with Gasteiger partial charge in [0.1, 0.15) is 6.04 Å². The molecular weight excluding hydrogens is 360 g/mol. The maximum Gasteiger partial charge on any atom is 0.242 e. The number of rotatable bonds is 8. The van der Waals surface area contributed by atoms with Crippen molar-refractivity contribution in [1.82, 2.24) is 10.2 Å². The van der Waals surface area contributed by atoms with Crippen molar-refractivity contribution in [3.63, 3.8) is 0 Å². The lowest BCUT2D eigenvalue weighted by atomic mass is 10.1. The van der Waals surface area contributed by atoms with Gasteiger partial charge < -0.3 is 10.2 Å². The Balaban J connectivity index is 1.70. The van der Waals surface area contributed by atoms with E-state index >= 15 is 0 Å². The van der Waals surface area contributed by atoms with Crippen molar-refractivity contribution in [1.29, 1.82) is 0 Å². The van der Waals surface area contributed by atoms with Crippen molar-refractivity contribution in [3.8, 4) is 0 Å². The van der Waals surface area contributed by atoms with Crippen LogP contribution in [-0.4, -0.2) is 35.3 Å². The lowest BCUT2D eigenvalue weighted by Gasteiger charge is -2.30. The number of hydrogen-bond acceptors (Lipinski definition) is 2. The number of aryl methyl sites for hydroxylation is 1. The van der Waals surface area contributed by atoms with E-state index in [0.29, 0.717) is 13.0 Å². The Bertz CT molecular complexity index is 813. The van der Waals surface area contributed by atoms with Crippen molar-refractivity contribution in [2.24, 2.45) is 0 Å². The van der Waals surface area contributed by atoms with Gasteiger partial charge in [-0.25, -0.2) is 0 Å². The van der Waals surface area contributed by atoms with Crippen molar-refractivity contribution < 1.29 is 9.59 Å². The quantitative estimate of drug-likeness (QED) is 0.737. The molecule has 2 aromatic rings. The summed E-state index contributed by atoms with van der Waals surface area (Å²) < 4.78 is 0. The molecule has 29 heavy (non-hydrogen) atoms. The molecule has 0 bridgehead atoms. The predicted molar refractivity (Wildman–Crippen MR) is 117 cm³/mol. The van der Waals surface area contributed by atoms with Crippen LogP contribution in [0.25, 0.3) is 0 Å². The first-order chi connectivity index (χ1) is 14.0. The molecule has 0 heterocycles. The maximum absolute atomic E-state index is 13.2. The highest BCUT2D eigenvalue weighted by atomic mass is 16.2. The van der Waals surface area contributed by atoms with E-state index in [1.807, 2.05) is 56.3 Å². The van der Waals surface area contributed by atoms with E-state index in [-0.39, 0.29) is 17.9 Å². The van der Waals surface area contributed by atoms with Crippen LogP contribution < -0.4 is 5.32 Å². The van der Waals surface area contributed by atoms with Gasteiger partial charge in [0.25, 0.3) is 0 Å². The van der Waals surface area contributed by atoms with Gasteiger partial charge in [-0.2, -0.15) is 0 Å². The van der Waals surface area contributed by atoms with E-state index in [1.54, 1.807) is 4.90 Å². The molecule has 154 valence electrons. The Morgan fingerprint density at radius 3 is 2.41 bits per heavy atom. The molecule has 0 radical (unpaired) electrons. The van der Waals surface area contributed by atoms with E-state index < -0.39 is 6.04 Å². The van der Waals surface area contributed by atoms with E-state index in [0.717, 1.165) is 30.4 Å². The fraction of sp³-hybridized carbons (Fsp3) is 0.440. The van der Waals surface area contributed by atoms with Crippen LogP contribution in [-0.2, 0) is 22.4 Å². The molecule has 1 aliphatic carbocycles. The summed E-state index contributed by atoms with van der Waals surface area (Å²) in [6.07, 6.45) is 5.48. The molecule has 1 N–H and O–H groups in total. The van der Waals surface area contributed by atoms with Crippen LogP contribution in [0.4, 0.5) is 0 Å². The summed E-state index contributed by atoms with van der Waals surface area (Å²) in [5.41, 5.74) is 3.30. The summed E-state index contributed by atoms with van der Waals surface area (Å²) in [7, 11) is 0. The zero-order valence-corrected chi connectivity index (χ0v) is 17.6. The van der Waals surface area contributed by atoms with Crippen LogP contribution >= 0.6 is 0 Å². The minimum absolute atomic E-state index is 0.000558. The van der Waals surface area contributed by atoms with Gasteiger partial charge in [0.15, 0.2) is 0 Å². The number of benzene rings is 2. The topological polar surface area (TPSA) is 49.4 Å². The minimum atomic E-state index is -0.475. The van der Waals surface area contributed by atoms with Gasteiger partial charge in [-0.15, -0.1) is 0 Å². The average molecular weight is 393 g/mol. The van der Waals surface area contributed by atoms with Gasteiger partial charge in [0.2, 0.25) is 11.8 Å². The first kappa shape index (κ1) is 21.1. The third-order valence-corrected chi connectivity index (χ3v) is 5.79. The number of amides is 2. The summed E-state index contributed by atoms with van der Waals surface area (Å²) in [4.78, 5) is 27.8. The second-order valence-electron chi connectivity index (χ2n) is 8.15. The Labute approximate surface area is 174 Å². The molecule has 0 unspecified atom stereocenters. The third-order valence-electron chi connectivity index (χ3n) is 5.79. The second-order valence-corrected chi connectivity index (χ2v) is 8.15. The fourth-order valence-corrected chi connectivity index (χ4v) is 4.06. The number of nitrogens with one attached hydrogen (secondary N) is 1. The Morgan fingerprint density at radius 1 is 1.03 bits per heavy atom. The summed E-state index contributed by atoms with van der Waals surface area (Å²) >= 11 is 0. The molecule has 3 rings (SSSR count). The van der Waals surface area contributed by atoms with Crippen molar-refractivity contribution >= 4 is 11.8 Å². The van der Waals surface area contributed by atoms with Crippen molar-refractivity contribution in [2.75, 3.05) is 6.54 Å². The summed E-state index contributed by atoms with van der Waals surface area (Å²) in [6, 6.07) is 17.9. The molecule has 1 aliphatic rings. The largest absolute Gasteiger partial charge is 0.352 e. The van der Waals surface area contributed by atoms with Crippen LogP contribution in [0.2, 0.25) is 0 Å². The summed E-state index contributed by atoms with van der Waals surface area (Å²) in [5, 5.41) is 3.15. The van der Waals surface area contributed by atoms with Crippen LogP contribution in [0.5, 0.6) is 0 Å². The summed E-state index contributed by atoms with van der Waals surface area (Å²) in [5.74, 6) is -0.0387. The van der Waals surface area contributed by atoms with Gasteiger partial charge in [-0.1, -0.05) is 73.0 Å². The first-order valence-corrected chi connectivity index (χ1v) is 10.7. The zero-order valence-electron chi connectivity index (χ0n) is 17.6. The number of hydrogen-bond donors (Lipinski definition) is 1. The van der Waals surface area contributed by atoms with Gasteiger partial charge in [-0.05, 0) is 44.2 Å². The van der Waals surface area contributed by atoms with E-state index in [1.165, 1.54) is 18.4 Å². The third kappa shape index (κ3) is 6.18. The Kier molecular flexibility index (Phi) is 7.45. The van der Waals surface area contributed by atoms with Gasteiger partial charge in [0, 0.05) is 12.6 Å². The zero-order chi connectivity index (χ0) is 20.6. The van der Waals surface area contributed by atoms with E-state index in [4.69, 9.17) is 0 Å². The first-order valence-electron chi connectivity index (χ1n) is 10.7. The SMILES string of the molecule is Cc1cccc(CC(=O)N(CCc2ccccc2)[C@@H](C)C(=O)NC2CCCC2)c1. The highest BCUT2D eigenvalue weighted by molar-refractivity contribution is 5.88. The van der Waals surface area contributed by atoms with Gasteiger partial charge >= 0.3 is 0 Å². The normalized spacial score (nSPS) is 15.1. The molecule has 0 saturated heterocycles. The highest BCUT2D eigenvalue weighted by Gasteiger charge is 2.28. The van der Waals surface area contributed by atoms with E-state index in [9.17, 15) is 9.59 Å². The maximum atomic E-state index is 13.2. The van der Waals surface area contributed by atoms with E-state index in [2.05, 4.69) is 17.4 Å². The van der Waals surface area contributed by atoms with Crippen LogP contribution in [0.1, 0.15) is 49.3 Å². The lowest BCUT2D eigenvalue weighted by Crippen LogP contribution is -2.51. The molecule has 0 aromatic heterocycles. The molecule has 4 heteroatoms. The Hall–Kier alpha value is -2.62. The van der Waals surface area contributed by atoms with Crippen LogP contribution in [0.15, 0.2) is 54.6 Å². The monoisotopic (exact) mass is 392 g/mol. The highest BCUT2D eigenvalue weighted by Crippen LogP contribution is 2.18. The molecule has 1 fully saturated rings. The Morgan fingerprint density at radius 2 is 1.72 bits per heavy atom. The molecule has 1 atom stereocenters. The average Bonchev–Trinajstić information content (AvgIpc) is 3.22. The molecular formula is C25H32N2O2. The molecule has 2 aromatic carbocycles. The van der Waals surface area contributed by atoms with Gasteiger partial charge in [-0.3, -0.25) is 9.59 Å². The molecule has 2 amide bonds. The molecule has 0 spiro atoms. The van der Waals surface area contributed by atoms with Crippen molar-refractivity contribution in [2.45, 2.75) is 64.5 Å². The number of carbonyl (C=O) groups excluding carboxylic acids is 2. The van der Waals surface area contributed by atoms with Crippen LogP contribution in [0.3, 0.4) is 0 Å². The standard InChI is InChI=1S/C25H32N2O2/c1-19-9-8-12-22(17-19)18-24(28)27(16-15-21-10-4-3-5-11-21)20(2)25(29)26-23-13-6-7-14-23/h3-5,8-12,17,20,23H,6-7,13-16,18H2,1-2H3,(H,26,29)/t20-/m0/s1. The van der Waals surface area contributed by atoms with Crippen LogP contribution in [0, 0.1) is 6.92 Å². The molecule has 4 nitrogen and oxygen atoms in total. The fourth-order valence-electron chi connectivity index (χ4n) is 4.06. The molecule has 0 aliphatic heterocycles. The lowest BCUT2D eigenvalue weighted by molar-refractivity contribution is -0.139. The predicted octanol–water partition coefficient (Wildman–Crippen LogP) is 4.06. The smallest absolute Gasteiger partial charge is 0.242 e. The molecule has 1 saturated carbocycles. The van der Waals surface area contributed by atoms with Gasteiger partial charge in [0.05, 0.1) is 6.42 Å². The van der Waals surface area contributed by atoms with Crippen molar-refractivity contribution in [3.05, 3.63) is 71.3 Å². The number of nitrogens with zero attached hydrogens (tertiary/aromatic N) is 1. The summed E-state index contributed by atoms with van der Waals surface area (Å²) in [6.45, 7) is 4.41. The second kappa shape index (κ2) is 10.2. The minimum Gasteiger partial charge on any atom is -0.352 e. The number of carbonyl (C=O) groups is 2.